The lowest BCUT2D eigenvalue weighted by molar-refractivity contribution is 0.216. The maximum atomic E-state index is 10.4. The molecule has 1 aliphatic carbocycles. The second-order valence-electron chi connectivity index (χ2n) is 2.56. The van der Waals surface area contributed by atoms with Crippen LogP contribution in [0.3, 0.4) is 0 Å². The van der Waals surface area contributed by atoms with Crippen molar-refractivity contribution >= 4 is 28.5 Å². The number of benzene rings is 1. The summed E-state index contributed by atoms with van der Waals surface area (Å²) in [6.45, 7) is 0. The standard InChI is InChI=1S/C9H5ClO3/c10-9(12)13-8-6-4-2-1-3-5(6)7(8)11/h1-4,11H. The molecular weight excluding hydrogens is 192 g/mol. The highest BCUT2D eigenvalue weighted by molar-refractivity contribution is 6.61. The number of aliphatic hydroxyl groups excluding tert-OH is 1. The van der Waals surface area contributed by atoms with Crippen molar-refractivity contribution in [2.45, 2.75) is 0 Å². The quantitative estimate of drug-likeness (QED) is 0.703. The summed E-state index contributed by atoms with van der Waals surface area (Å²) < 4.78 is 4.58. The Hall–Kier alpha value is -1.48. The van der Waals surface area contributed by atoms with Crippen LogP contribution in [0.4, 0.5) is 4.79 Å². The third-order valence-electron chi connectivity index (χ3n) is 1.82. The monoisotopic (exact) mass is 196 g/mol. The first-order valence-electron chi connectivity index (χ1n) is 3.60. The molecule has 0 heterocycles. The molecule has 4 heteroatoms. The van der Waals surface area contributed by atoms with E-state index < -0.39 is 5.43 Å². The van der Waals surface area contributed by atoms with Gasteiger partial charge in [0.15, 0.2) is 11.5 Å². The minimum absolute atomic E-state index is 0.0235. The molecule has 1 aliphatic rings. The van der Waals surface area contributed by atoms with Gasteiger partial charge in [0.2, 0.25) is 0 Å². The zero-order chi connectivity index (χ0) is 9.42. The van der Waals surface area contributed by atoms with E-state index in [1.54, 1.807) is 24.3 Å². The van der Waals surface area contributed by atoms with Crippen LogP contribution in [0.2, 0.25) is 0 Å². The second kappa shape index (κ2) is 2.78. The van der Waals surface area contributed by atoms with Crippen LogP contribution in [0.15, 0.2) is 24.3 Å². The lowest BCUT2D eigenvalue weighted by Gasteiger charge is -2.20. The highest BCUT2D eigenvalue weighted by atomic mass is 35.5. The van der Waals surface area contributed by atoms with Crippen LogP contribution in [0.5, 0.6) is 0 Å². The van der Waals surface area contributed by atoms with Crippen molar-refractivity contribution in [3.05, 3.63) is 35.4 Å². The predicted molar refractivity (Wildman–Crippen MR) is 48.2 cm³/mol. The van der Waals surface area contributed by atoms with Crippen molar-refractivity contribution in [2.75, 3.05) is 0 Å². The Bertz CT molecular complexity index is 409. The average Bonchev–Trinajstić information content (AvgIpc) is 2.13. The Labute approximate surface area is 79.2 Å². The van der Waals surface area contributed by atoms with E-state index in [1.165, 1.54) is 0 Å². The van der Waals surface area contributed by atoms with Gasteiger partial charge < -0.3 is 9.84 Å². The van der Waals surface area contributed by atoms with Crippen LogP contribution in [-0.4, -0.2) is 10.5 Å². The van der Waals surface area contributed by atoms with Gasteiger partial charge in [0.25, 0.3) is 0 Å². The first-order valence-corrected chi connectivity index (χ1v) is 3.98. The number of carbonyl (C=O) groups is 1. The van der Waals surface area contributed by atoms with Crippen molar-refractivity contribution in [1.29, 1.82) is 0 Å². The van der Waals surface area contributed by atoms with E-state index in [4.69, 9.17) is 11.6 Å². The molecule has 0 amide bonds. The molecule has 13 heavy (non-hydrogen) atoms. The molecule has 0 spiro atoms. The molecule has 0 saturated carbocycles. The highest BCUT2D eigenvalue weighted by Crippen LogP contribution is 2.39. The van der Waals surface area contributed by atoms with Crippen molar-refractivity contribution in [2.24, 2.45) is 0 Å². The van der Waals surface area contributed by atoms with E-state index in [2.05, 4.69) is 4.74 Å². The van der Waals surface area contributed by atoms with Gasteiger partial charge in [-0.2, -0.15) is 0 Å². The smallest absolute Gasteiger partial charge is 0.409 e. The summed E-state index contributed by atoms with van der Waals surface area (Å²) in [5.74, 6) is 0.125. The minimum Gasteiger partial charge on any atom is -0.504 e. The van der Waals surface area contributed by atoms with Crippen LogP contribution in [0, 0.1) is 0 Å². The summed E-state index contributed by atoms with van der Waals surface area (Å²) in [5.41, 5.74) is 0.431. The van der Waals surface area contributed by atoms with Gasteiger partial charge >= 0.3 is 5.43 Å². The normalized spacial score (nSPS) is 13.3. The fourth-order valence-electron chi connectivity index (χ4n) is 1.26. The van der Waals surface area contributed by atoms with E-state index in [1.807, 2.05) is 0 Å². The molecule has 2 rings (SSSR count). The molecule has 1 aromatic rings. The van der Waals surface area contributed by atoms with Crippen molar-refractivity contribution in [3.63, 3.8) is 0 Å². The third kappa shape index (κ3) is 1.17. The zero-order valence-electron chi connectivity index (χ0n) is 6.45. The van der Waals surface area contributed by atoms with Crippen molar-refractivity contribution in [3.8, 4) is 0 Å². The van der Waals surface area contributed by atoms with Gasteiger partial charge in [-0.15, -0.1) is 0 Å². The summed E-state index contributed by atoms with van der Waals surface area (Å²) >= 11 is 5.01. The molecule has 0 fully saturated rings. The number of ether oxygens (including phenoxy) is 1. The van der Waals surface area contributed by atoms with Gasteiger partial charge in [-0.05, 0) is 0 Å². The lowest BCUT2D eigenvalue weighted by atomic mass is 9.93. The Morgan fingerprint density at radius 3 is 2.54 bits per heavy atom. The number of carbonyl (C=O) groups excluding carboxylic acids is 1. The Kier molecular flexibility index (Phi) is 1.74. The Morgan fingerprint density at radius 1 is 1.31 bits per heavy atom. The number of hydrogen-bond donors (Lipinski definition) is 1. The molecule has 0 aliphatic heterocycles. The molecule has 1 aromatic carbocycles. The van der Waals surface area contributed by atoms with Crippen LogP contribution in [0.1, 0.15) is 11.1 Å². The molecule has 0 radical (unpaired) electrons. The van der Waals surface area contributed by atoms with Crippen LogP contribution in [-0.2, 0) is 4.74 Å². The fourth-order valence-corrected chi connectivity index (χ4v) is 1.34. The first-order chi connectivity index (χ1) is 6.20. The SMILES string of the molecule is O=C(Cl)OC1=C(O)c2ccccc21. The second-order valence-corrected chi connectivity index (χ2v) is 2.87. The summed E-state index contributed by atoms with van der Waals surface area (Å²) in [4.78, 5) is 10.4. The van der Waals surface area contributed by atoms with E-state index in [-0.39, 0.29) is 11.5 Å². The molecule has 0 saturated heterocycles. The summed E-state index contributed by atoms with van der Waals surface area (Å²) in [6.07, 6.45) is 0. The average molecular weight is 197 g/mol. The molecule has 0 atom stereocenters. The number of halogens is 1. The molecular formula is C9H5ClO3. The van der Waals surface area contributed by atoms with Crippen molar-refractivity contribution in [1.82, 2.24) is 0 Å². The maximum Gasteiger partial charge on any atom is 0.409 e. The van der Waals surface area contributed by atoms with Crippen LogP contribution >= 0.6 is 11.6 Å². The van der Waals surface area contributed by atoms with E-state index in [0.29, 0.717) is 11.1 Å². The van der Waals surface area contributed by atoms with Gasteiger partial charge in [-0.25, -0.2) is 4.79 Å². The number of hydrogen-bond acceptors (Lipinski definition) is 3. The summed E-state index contributed by atoms with van der Waals surface area (Å²) in [7, 11) is 0. The van der Waals surface area contributed by atoms with Crippen LogP contribution < -0.4 is 0 Å². The Morgan fingerprint density at radius 2 is 1.92 bits per heavy atom. The fraction of sp³-hybridized carbons (Fsp3) is 0. The summed E-state index contributed by atoms with van der Waals surface area (Å²) in [6, 6.07) is 7.04. The first kappa shape index (κ1) is 8.13. The molecule has 0 unspecified atom stereocenters. The predicted octanol–water partition coefficient (Wildman–Crippen LogP) is 2.76. The Balaban J connectivity index is 2.34. The van der Waals surface area contributed by atoms with Gasteiger partial charge in [0.05, 0.1) is 0 Å². The largest absolute Gasteiger partial charge is 0.504 e. The van der Waals surface area contributed by atoms with E-state index >= 15 is 0 Å². The zero-order valence-corrected chi connectivity index (χ0v) is 7.21. The lowest BCUT2D eigenvalue weighted by Crippen LogP contribution is -2.09. The van der Waals surface area contributed by atoms with E-state index in [9.17, 15) is 9.90 Å². The van der Waals surface area contributed by atoms with E-state index in [0.717, 1.165) is 0 Å². The molecule has 3 nitrogen and oxygen atoms in total. The summed E-state index contributed by atoms with van der Waals surface area (Å²) in [5, 5.41) is 9.35. The van der Waals surface area contributed by atoms with Gasteiger partial charge in [-0.1, -0.05) is 24.3 Å². The van der Waals surface area contributed by atoms with Crippen molar-refractivity contribution < 1.29 is 14.6 Å². The van der Waals surface area contributed by atoms with Crippen LogP contribution in [0.25, 0.3) is 11.5 Å². The molecule has 66 valence electrons. The number of aliphatic hydroxyl groups is 1. The van der Waals surface area contributed by atoms with Gasteiger partial charge in [-0.3, -0.25) is 0 Å². The number of rotatable bonds is 1. The number of fused-ring (bicyclic) bond motifs is 1. The molecule has 0 bridgehead atoms. The maximum absolute atomic E-state index is 10.4. The molecule has 0 aromatic heterocycles. The topological polar surface area (TPSA) is 46.5 Å². The van der Waals surface area contributed by atoms with Gasteiger partial charge in [0, 0.05) is 22.7 Å². The third-order valence-corrected chi connectivity index (χ3v) is 1.90. The van der Waals surface area contributed by atoms with Gasteiger partial charge in [0.1, 0.15) is 0 Å². The minimum atomic E-state index is -0.948. The highest BCUT2D eigenvalue weighted by Gasteiger charge is 2.28. The molecule has 1 N–H and O–H groups in total.